The Kier molecular flexibility index (Phi) is 35.4. The molecule has 0 amide bonds. The Morgan fingerprint density at radius 2 is 0.488 bits per heavy atom. The van der Waals surface area contributed by atoms with Crippen LogP contribution in [0, 0.1) is 0 Å². The van der Waals surface area contributed by atoms with Crippen molar-refractivity contribution in [2.24, 2.45) is 0 Å². The first-order valence-corrected chi connectivity index (χ1v) is 18.9. The van der Waals surface area contributed by atoms with Gasteiger partial charge in [-0.2, -0.15) is 0 Å². The Balaban J connectivity index is 0.0000160. The normalized spacial score (nSPS) is 11.2. The zero-order chi connectivity index (χ0) is 28.6. The molecule has 0 bridgehead atoms. The number of hydrogen-bond donors (Lipinski definition) is 0. The molecular weight excluding hydrogens is 521 g/mol. The zero-order valence-electron chi connectivity index (χ0n) is 28.6. The summed E-state index contributed by atoms with van der Waals surface area (Å²) in [7, 11) is 0. The molecule has 0 nitrogen and oxygen atoms in total. The third-order valence-electron chi connectivity index (χ3n) is 9.22. The Bertz CT molecular complexity index is 556. The molecule has 0 saturated heterocycles. The molecule has 0 fully saturated rings. The van der Waals surface area contributed by atoms with Gasteiger partial charge in [0.25, 0.3) is 0 Å². The smallest absolute Gasteiger partial charge is 0 e. The first-order valence-electron chi connectivity index (χ1n) is 18.9. The van der Waals surface area contributed by atoms with Crippen LogP contribution in [0.5, 0.6) is 0 Å². The molecule has 1 rings (SSSR count). The van der Waals surface area contributed by atoms with E-state index in [1.807, 2.05) is 0 Å². The quantitative estimate of drug-likeness (QED) is 0.0575. The summed E-state index contributed by atoms with van der Waals surface area (Å²) < 4.78 is 0. The first kappa shape index (κ1) is 41.5. The van der Waals surface area contributed by atoms with Crippen molar-refractivity contribution >= 4 is 37.7 Å². The second-order valence-electron chi connectivity index (χ2n) is 13.2. The van der Waals surface area contributed by atoms with Crippen LogP contribution in [0.4, 0.5) is 0 Å². The molecule has 0 atom stereocenters. The molecule has 1 aromatic rings. The van der Waals surface area contributed by atoms with Gasteiger partial charge in [0.1, 0.15) is 0 Å². The van der Waals surface area contributed by atoms with E-state index in [9.17, 15) is 0 Å². The average molecular weight is 595 g/mol. The number of unbranched alkanes of at least 4 members (excludes halogenated alkanes) is 28. The van der Waals surface area contributed by atoms with Crippen molar-refractivity contribution in [1.82, 2.24) is 0 Å². The van der Waals surface area contributed by atoms with Crippen LogP contribution in [-0.4, -0.2) is 37.7 Å². The molecule has 2 radical (unpaired) electrons. The van der Waals surface area contributed by atoms with E-state index in [2.05, 4.69) is 38.1 Å². The van der Waals surface area contributed by atoms with Crippen LogP contribution in [-0.2, 0) is 12.8 Å². The van der Waals surface area contributed by atoms with Gasteiger partial charge in [-0.1, -0.05) is 218 Å². The van der Waals surface area contributed by atoms with Gasteiger partial charge in [0, 0.05) is 37.7 Å². The summed E-state index contributed by atoms with van der Waals surface area (Å²) in [6.07, 6.45) is 46.1. The fourth-order valence-corrected chi connectivity index (χ4v) is 6.42. The van der Waals surface area contributed by atoms with Crippen LogP contribution in [0.2, 0.25) is 0 Å². The molecule has 236 valence electrons. The fraction of sp³-hybridized carbons (Fsp3) is 0.850. The Morgan fingerprint density at radius 3 is 0.707 bits per heavy atom. The van der Waals surface area contributed by atoms with Crippen LogP contribution in [0.1, 0.15) is 218 Å². The molecule has 0 aromatic heterocycles. The molecule has 41 heavy (non-hydrogen) atoms. The molecular formula is C40H74Ca. The van der Waals surface area contributed by atoms with Gasteiger partial charge in [-0.15, -0.1) is 0 Å². The minimum atomic E-state index is 0. The van der Waals surface area contributed by atoms with Gasteiger partial charge in [-0.25, -0.2) is 0 Å². The zero-order valence-corrected chi connectivity index (χ0v) is 30.9. The van der Waals surface area contributed by atoms with Crippen LogP contribution in [0.25, 0.3) is 0 Å². The third kappa shape index (κ3) is 29.0. The van der Waals surface area contributed by atoms with Crippen molar-refractivity contribution in [3.8, 4) is 0 Å². The maximum absolute atomic E-state index is 2.41. The van der Waals surface area contributed by atoms with Crippen LogP contribution in [0.3, 0.4) is 0 Å². The predicted molar refractivity (Wildman–Crippen MR) is 189 cm³/mol. The Hall–Kier alpha value is 0.480. The molecule has 1 heteroatoms. The van der Waals surface area contributed by atoms with Gasteiger partial charge >= 0.3 is 0 Å². The van der Waals surface area contributed by atoms with E-state index < -0.39 is 0 Å². The summed E-state index contributed by atoms with van der Waals surface area (Å²) in [6.45, 7) is 4.61. The number of hydrogen-bond acceptors (Lipinski definition) is 0. The molecule has 0 aliphatic heterocycles. The summed E-state index contributed by atoms with van der Waals surface area (Å²) in [5.41, 5.74) is 3.28. The summed E-state index contributed by atoms with van der Waals surface area (Å²) >= 11 is 0. The van der Waals surface area contributed by atoms with E-state index in [4.69, 9.17) is 0 Å². The number of benzene rings is 1. The average Bonchev–Trinajstić information content (AvgIpc) is 2.97. The van der Waals surface area contributed by atoms with Crippen molar-refractivity contribution in [2.75, 3.05) is 0 Å². The maximum Gasteiger partial charge on any atom is 0 e. The fourth-order valence-electron chi connectivity index (χ4n) is 6.42. The predicted octanol–water partition coefficient (Wildman–Crippen LogP) is 14.1. The largest absolute Gasteiger partial charge is 0.0654 e. The molecule has 0 aliphatic rings. The van der Waals surface area contributed by atoms with Gasteiger partial charge < -0.3 is 0 Å². The minimum absolute atomic E-state index is 0. The second kappa shape index (κ2) is 35.0. The van der Waals surface area contributed by atoms with Crippen LogP contribution >= 0.6 is 0 Å². The third-order valence-corrected chi connectivity index (χ3v) is 9.22. The van der Waals surface area contributed by atoms with Crippen molar-refractivity contribution < 1.29 is 0 Å². The van der Waals surface area contributed by atoms with Crippen molar-refractivity contribution in [2.45, 2.75) is 219 Å². The Morgan fingerprint density at radius 1 is 0.293 bits per heavy atom. The van der Waals surface area contributed by atoms with E-state index >= 15 is 0 Å². The molecule has 0 heterocycles. The van der Waals surface area contributed by atoms with Gasteiger partial charge in [0.15, 0.2) is 0 Å². The molecule has 0 N–H and O–H groups in total. The first-order chi connectivity index (χ1) is 19.9. The van der Waals surface area contributed by atoms with Crippen molar-refractivity contribution in [3.05, 3.63) is 35.4 Å². The second-order valence-corrected chi connectivity index (χ2v) is 13.2. The van der Waals surface area contributed by atoms with Crippen molar-refractivity contribution in [3.63, 3.8) is 0 Å². The summed E-state index contributed by atoms with van der Waals surface area (Å²) in [5, 5.41) is 0. The van der Waals surface area contributed by atoms with Crippen molar-refractivity contribution in [1.29, 1.82) is 0 Å². The SMILES string of the molecule is CCCCCCCCCCCCCCCCCc1ccccc1CCCCCCCCCCCCCCCCC.[Ca]. The minimum Gasteiger partial charge on any atom is -0.0654 e. The van der Waals surface area contributed by atoms with Gasteiger partial charge in [0.2, 0.25) is 0 Å². The standard InChI is InChI=1S/C40H74.Ca/c1-3-5-7-9-11-13-15-17-19-21-23-25-27-29-31-35-39-37-33-34-38-40(39)36-32-30-28-26-24-22-20-18-16-14-12-10-8-6-4-2;/h33-34,37-38H,3-32,35-36H2,1-2H3;. The van der Waals surface area contributed by atoms with Gasteiger partial charge in [0.05, 0.1) is 0 Å². The monoisotopic (exact) mass is 595 g/mol. The van der Waals surface area contributed by atoms with Crippen LogP contribution in [0.15, 0.2) is 24.3 Å². The van der Waals surface area contributed by atoms with E-state index in [0.29, 0.717) is 0 Å². The number of rotatable bonds is 32. The van der Waals surface area contributed by atoms with E-state index in [0.717, 1.165) is 0 Å². The van der Waals surface area contributed by atoms with Gasteiger partial charge in [-0.3, -0.25) is 0 Å². The summed E-state index contributed by atoms with van der Waals surface area (Å²) in [5.74, 6) is 0. The molecule has 1 aromatic carbocycles. The molecule has 0 unspecified atom stereocenters. The Labute approximate surface area is 290 Å². The van der Waals surface area contributed by atoms with E-state index in [1.165, 1.54) is 205 Å². The van der Waals surface area contributed by atoms with Gasteiger partial charge in [-0.05, 0) is 36.8 Å². The van der Waals surface area contributed by atoms with E-state index in [-0.39, 0.29) is 37.7 Å². The molecule has 0 spiro atoms. The van der Waals surface area contributed by atoms with Crippen LogP contribution < -0.4 is 0 Å². The topological polar surface area (TPSA) is 0 Å². The molecule has 0 aliphatic carbocycles. The summed E-state index contributed by atoms with van der Waals surface area (Å²) in [4.78, 5) is 0. The van der Waals surface area contributed by atoms with E-state index in [1.54, 1.807) is 11.1 Å². The summed E-state index contributed by atoms with van der Waals surface area (Å²) in [6, 6.07) is 9.34. The maximum atomic E-state index is 2.41. The molecule has 0 saturated carbocycles. The number of aryl methyl sites for hydroxylation is 2.